The van der Waals surface area contributed by atoms with E-state index in [0.717, 1.165) is 30.0 Å². The number of nitrogens with zero attached hydrogens (tertiary/aromatic N) is 4. The molecule has 1 amide bonds. The summed E-state index contributed by atoms with van der Waals surface area (Å²) in [6, 6.07) is 13.5. The van der Waals surface area contributed by atoms with Crippen LogP contribution in [0.3, 0.4) is 0 Å². The summed E-state index contributed by atoms with van der Waals surface area (Å²) in [5.41, 5.74) is 3.08. The molecule has 4 rings (SSSR count). The van der Waals surface area contributed by atoms with Crippen molar-refractivity contribution < 1.29 is 9.53 Å². The Balaban J connectivity index is 1.52. The molecular formula is C20H20N4O2. The van der Waals surface area contributed by atoms with Gasteiger partial charge in [0.05, 0.1) is 23.9 Å². The highest BCUT2D eigenvalue weighted by molar-refractivity contribution is 6.04. The number of anilines is 1. The number of hydrogen-bond acceptors (Lipinski definition) is 5. The number of hydrogen-bond donors (Lipinski definition) is 0. The summed E-state index contributed by atoms with van der Waals surface area (Å²) in [5, 5.41) is 0. The zero-order chi connectivity index (χ0) is 17.9. The van der Waals surface area contributed by atoms with Gasteiger partial charge in [0.25, 0.3) is 5.91 Å². The predicted molar refractivity (Wildman–Crippen MR) is 101 cm³/mol. The summed E-state index contributed by atoms with van der Waals surface area (Å²) in [6.45, 7) is 2.85. The lowest BCUT2D eigenvalue weighted by molar-refractivity contribution is 0.0748. The number of para-hydroxylation sites is 3. The molecule has 26 heavy (non-hydrogen) atoms. The molecule has 0 aliphatic carbocycles. The van der Waals surface area contributed by atoms with E-state index in [9.17, 15) is 4.79 Å². The summed E-state index contributed by atoms with van der Waals surface area (Å²) >= 11 is 0. The first-order chi connectivity index (χ1) is 12.8. The molecule has 0 N–H and O–H groups in total. The van der Waals surface area contributed by atoms with Crippen LogP contribution in [0.5, 0.6) is 5.75 Å². The second-order valence-corrected chi connectivity index (χ2v) is 6.18. The number of ether oxygens (including phenoxy) is 1. The Labute approximate surface area is 152 Å². The minimum atomic E-state index is 0.00998. The first-order valence-electron chi connectivity index (χ1n) is 8.65. The summed E-state index contributed by atoms with van der Waals surface area (Å²) in [4.78, 5) is 25.8. The molecule has 0 saturated carbocycles. The van der Waals surface area contributed by atoms with Crippen molar-refractivity contribution >= 4 is 22.6 Å². The van der Waals surface area contributed by atoms with Crippen molar-refractivity contribution in [2.75, 3.05) is 38.2 Å². The van der Waals surface area contributed by atoms with Gasteiger partial charge in [-0.25, -0.2) is 0 Å². The minimum absolute atomic E-state index is 0.00998. The maximum atomic E-state index is 13.0. The summed E-state index contributed by atoms with van der Waals surface area (Å²) in [5.74, 6) is 0.868. The number of amides is 1. The number of rotatable bonds is 3. The number of piperazine rings is 1. The van der Waals surface area contributed by atoms with Gasteiger partial charge in [-0.1, -0.05) is 18.2 Å². The fourth-order valence-corrected chi connectivity index (χ4v) is 3.38. The summed E-state index contributed by atoms with van der Waals surface area (Å²) in [7, 11) is 1.68. The van der Waals surface area contributed by atoms with E-state index in [-0.39, 0.29) is 5.91 Å². The van der Waals surface area contributed by atoms with Crippen LogP contribution in [0.1, 0.15) is 10.4 Å². The highest BCUT2D eigenvalue weighted by Gasteiger charge is 2.25. The van der Waals surface area contributed by atoms with E-state index in [4.69, 9.17) is 4.74 Å². The number of aromatic nitrogens is 2. The standard InChI is InChI=1S/C20H20N4O2/c1-26-18-8-3-2-7-17(18)23-11-13-24(14-12-23)20(25)15-5-4-6-16-19(15)22-10-9-21-16/h2-10H,11-14H2,1H3. The van der Waals surface area contributed by atoms with E-state index in [1.807, 2.05) is 41.3 Å². The zero-order valence-corrected chi connectivity index (χ0v) is 14.6. The molecule has 2 heterocycles. The Hall–Kier alpha value is -3.15. The van der Waals surface area contributed by atoms with E-state index in [2.05, 4.69) is 20.9 Å². The van der Waals surface area contributed by atoms with E-state index < -0.39 is 0 Å². The van der Waals surface area contributed by atoms with E-state index in [0.29, 0.717) is 24.2 Å². The normalized spacial score (nSPS) is 14.5. The molecule has 0 atom stereocenters. The van der Waals surface area contributed by atoms with Crippen LogP contribution in [0.15, 0.2) is 54.9 Å². The lowest BCUT2D eigenvalue weighted by Crippen LogP contribution is -2.49. The van der Waals surface area contributed by atoms with Gasteiger partial charge in [-0.15, -0.1) is 0 Å². The Bertz CT molecular complexity index is 931. The number of benzene rings is 2. The third-order valence-corrected chi connectivity index (χ3v) is 4.72. The van der Waals surface area contributed by atoms with Crippen LogP contribution >= 0.6 is 0 Å². The lowest BCUT2D eigenvalue weighted by Gasteiger charge is -2.36. The second-order valence-electron chi connectivity index (χ2n) is 6.18. The topological polar surface area (TPSA) is 58.6 Å². The van der Waals surface area contributed by atoms with Crippen LogP contribution in [-0.2, 0) is 0 Å². The lowest BCUT2D eigenvalue weighted by atomic mass is 10.1. The van der Waals surface area contributed by atoms with Crippen molar-refractivity contribution in [3.63, 3.8) is 0 Å². The van der Waals surface area contributed by atoms with Crippen LogP contribution in [0.2, 0.25) is 0 Å². The molecule has 6 nitrogen and oxygen atoms in total. The number of carbonyl (C=O) groups excluding carboxylic acids is 1. The van der Waals surface area contributed by atoms with E-state index in [1.54, 1.807) is 19.5 Å². The molecule has 1 aliphatic heterocycles. The van der Waals surface area contributed by atoms with Crippen molar-refractivity contribution in [3.05, 3.63) is 60.4 Å². The van der Waals surface area contributed by atoms with Crippen molar-refractivity contribution in [1.29, 1.82) is 0 Å². The number of fused-ring (bicyclic) bond motifs is 1. The maximum absolute atomic E-state index is 13.0. The summed E-state index contributed by atoms with van der Waals surface area (Å²) < 4.78 is 5.45. The molecular weight excluding hydrogens is 328 g/mol. The molecule has 1 aromatic heterocycles. The smallest absolute Gasteiger partial charge is 0.256 e. The predicted octanol–water partition coefficient (Wildman–Crippen LogP) is 2.60. The molecule has 1 saturated heterocycles. The van der Waals surface area contributed by atoms with Crippen LogP contribution in [0, 0.1) is 0 Å². The molecule has 0 unspecified atom stereocenters. The molecule has 0 spiro atoms. The molecule has 0 radical (unpaired) electrons. The van der Waals surface area contributed by atoms with Crippen molar-refractivity contribution in [3.8, 4) is 5.75 Å². The minimum Gasteiger partial charge on any atom is -0.495 e. The third-order valence-electron chi connectivity index (χ3n) is 4.72. The van der Waals surface area contributed by atoms with Crippen molar-refractivity contribution in [2.24, 2.45) is 0 Å². The average Bonchev–Trinajstić information content (AvgIpc) is 2.73. The van der Waals surface area contributed by atoms with Gasteiger partial charge in [-0.05, 0) is 24.3 Å². The molecule has 2 aromatic carbocycles. The third kappa shape index (κ3) is 2.94. The fourth-order valence-electron chi connectivity index (χ4n) is 3.38. The fraction of sp³-hybridized carbons (Fsp3) is 0.250. The quantitative estimate of drug-likeness (QED) is 0.728. The van der Waals surface area contributed by atoms with Gasteiger partial charge in [-0.2, -0.15) is 0 Å². The number of carbonyl (C=O) groups is 1. The Morgan fingerprint density at radius 1 is 0.962 bits per heavy atom. The molecule has 1 aliphatic rings. The Morgan fingerprint density at radius 3 is 2.54 bits per heavy atom. The molecule has 3 aromatic rings. The van der Waals surface area contributed by atoms with Crippen LogP contribution in [0.4, 0.5) is 5.69 Å². The highest BCUT2D eigenvalue weighted by Crippen LogP contribution is 2.28. The molecule has 0 bridgehead atoms. The molecule has 132 valence electrons. The van der Waals surface area contributed by atoms with Crippen LogP contribution in [-0.4, -0.2) is 54.1 Å². The monoisotopic (exact) mass is 348 g/mol. The first kappa shape index (κ1) is 16.3. The van der Waals surface area contributed by atoms with Gasteiger partial charge in [0.15, 0.2) is 0 Å². The van der Waals surface area contributed by atoms with Gasteiger partial charge < -0.3 is 14.5 Å². The second kappa shape index (κ2) is 7.00. The van der Waals surface area contributed by atoms with Gasteiger partial charge in [0.2, 0.25) is 0 Å². The van der Waals surface area contributed by atoms with Crippen LogP contribution < -0.4 is 9.64 Å². The zero-order valence-electron chi connectivity index (χ0n) is 14.6. The molecule has 1 fully saturated rings. The largest absolute Gasteiger partial charge is 0.495 e. The first-order valence-corrected chi connectivity index (χ1v) is 8.65. The van der Waals surface area contributed by atoms with Gasteiger partial charge in [0, 0.05) is 38.6 Å². The molecule has 6 heteroatoms. The summed E-state index contributed by atoms with van der Waals surface area (Å²) in [6.07, 6.45) is 3.27. The van der Waals surface area contributed by atoms with Crippen molar-refractivity contribution in [2.45, 2.75) is 0 Å². The maximum Gasteiger partial charge on any atom is 0.256 e. The van der Waals surface area contributed by atoms with Gasteiger partial charge >= 0.3 is 0 Å². The Morgan fingerprint density at radius 2 is 1.73 bits per heavy atom. The van der Waals surface area contributed by atoms with Crippen LogP contribution in [0.25, 0.3) is 11.0 Å². The highest BCUT2D eigenvalue weighted by atomic mass is 16.5. The van der Waals surface area contributed by atoms with E-state index >= 15 is 0 Å². The Kier molecular flexibility index (Phi) is 4.39. The van der Waals surface area contributed by atoms with Gasteiger partial charge in [-0.3, -0.25) is 14.8 Å². The SMILES string of the molecule is COc1ccccc1N1CCN(C(=O)c2cccc3nccnc23)CC1. The van der Waals surface area contributed by atoms with Crippen molar-refractivity contribution in [1.82, 2.24) is 14.9 Å². The van der Waals surface area contributed by atoms with E-state index in [1.165, 1.54) is 0 Å². The van der Waals surface area contributed by atoms with Gasteiger partial charge in [0.1, 0.15) is 11.3 Å². The average molecular weight is 348 g/mol. The number of methoxy groups -OCH3 is 1.